The minimum atomic E-state index is -0.588. The van der Waals surface area contributed by atoms with E-state index in [1.165, 1.54) is 19.3 Å². The molecule has 0 saturated heterocycles. The maximum Gasteiger partial charge on any atom is 0.310 e. The topological polar surface area (TPSA) is 57.5 Å². The Bertz CT molecular complexity index is 834. The highest BCUT2D eigenvalue weighted by Gasteiger charge is 2.74. The van der Waals surface area contributed by atoms with Crippen LogP contribution in [0.2, 0.25) is 0 Å². The van der Waals surface area contributed by atoms with Crippen molar-refractivity contribution >= 4 is 5.97 Å². The van der Waals surface area contributed by atoms with Crippen LogP contribution >= 0.6 is 0 Å². The van der Waals surface area contributed by atoms with Gasteiger partial charge in [-0.15, -0.1) is 0 Å². The van der Waals surface area contributed by atoms with E-state index in [1.807, 2.05) is 0 Å². The Morgan fingerprint density at radius 2 is 1.39 bits per heavy atom. The van der Waals surface area contributed by atoms with Crippen LogP contribution in [0.3, 0.4) is 0 Å². The monoisotopic (exact) mass is 458 g/mol. The Hall–Kier alpha value is -0.570. The van der Waals surface area contributed by atoms with E-state index in [0.29, 0.717) is 17.8 Å². The predicted octanol–water partition coefficient (Wildman–Crippen LogP) is 7.31. The minimum Gasteiger partial charge on any atom is -0.481 e. The SMILES string of the molecule is C[C@H]1[C@H](O)CC[C@@H]2[C@]1(C)CC[C@H]1[C@@]2(C)CC[C@@]2(C(=O)O)[C@@H]3CC(C)(C)CC[C@]3(C)CC[C@]12C. The summed E-state index contributed by atoms with van der Waals surface area (Å²) in [4.78, 5) is 13.5. The molecule has 188 valence electrons. The number of carbonyl (C=O) groups is 1. The highest BCUT2D eigenvalue weighted by atomic mass is 16.4. The summed E-state index contributed by atoms with van der Waals surface area (Å²) < 4.78 is 0. The van der Waals surface area contributed by atoms with Crippen molar-refractivity contribution in [2.24, 2.45) is 56.2 Å². The number of hydrogen-bond donors (Lipinski definition) is 2. The second kappa shape index (κ2) is 7.01. The van der Waals surface area contributed by atoms with Gasteiger partial charge in [0, 0.05) is 0 Å². The molecular formula is C30H50O3. The number of aliphatic carboxylic acids is 1. The molecule has 5 aliphatic carbocycles. The first-order valence-electron chi connectivity index (χ1n) is 14.1. The fourth-order valence-corrected chi connectivity index (χ4v) is 11.4. The average molecular weight is 459 g/mol. The normalized spacial score (nSPS) is 57.8. The van der Waals surface area contributed by atoms with Crippen LogP contribution < -0.4 is 0 Å². The molecule has 0 bridgehead atoms. The van der Waals surface area contributed by atoms with Crippen LogP contribution in [0.5, 0.6) is 0 Å². The van der Waals surface area contributed by atoms with E-state index in [-0.39, 0.29) is 39.1 Å². The first kappa shape index (κ1) is 24.1. The lowest BCUT2D eigenvalue weighted by atomic mass is 9.29. The lowest BCUT2D eigenvalue weighted by Gasteiger charge is -2.74. The van der Waals surface area contributed by atoms with E-state index >= 15 is 0 Å². The summed E-state index contributed by atoms with van der Waals surface area (Å²) >= 11 is 0. The number of aliphatic hydroxyl groups is 1. The van der Waals surface area contributed by atoms with Gasteiger partial charge in [0.25, 0.3) is 0 Å². The fraction of sp³-hybridized carbons (Fsp3) is 0.967. The Morgan fingerprint density at radius 3 is 2.06 bits per heavy atom. The Balaban J connectivity index is 1.60. The lowest BCUT2D eigenvalue weighted by Crippen LogP contribution is -2.70. The summed E-state index contributed by atoms with van der Waals surface area (Å²) in [5.41, 5.74) is 0.0600. The molecule has 0 radical (unpaired) electrons. The van der Waals surface area contributed by atoms with Crippen molar-refractivity contribution in [2.75, 3.05) is 0 Å². The van der Waals surface area contributed by atoms with Crippen molar-refractivity contribution in [3.63, 3.8) is 0 Å². The third-order valence-corrected chi connectivity index (χ3v) is 13.7. The van der Waals surface area contributed by atoms with Gasteiger partial charge in [-0.3, -0.25) is 4.79 Å². The summed E-state index contributed by atoms with van der Waals surface area (Å²) in [5.74, 6) is 1.21. The van der Waals surface area contributed by atoms with Gasteiger partial charge in [-0.05, 0) is 121 Å². The minimum absolute atomic E-state index is 0.135. The smallest absolute Gasteiger partial charge is 0.310 e. The summed E-state index contributed by atoms with van der Waals surface area (Å²) in [6, 6.07) is 0. The second-order valence-corrected chi connectivity index (χ2v) is 15.4. The van der Waals surface area contributed by atoms with Crippen LogP contribution in [0.25, 0.3) is 0 Å². The number of aliphatic hydroxyl groups excluding tert-OH is 1. The van der Waals surface area contributed by atoms with Crippen molar-refractivity contribution in [1.82, 2.24) is 0 Å². The molecule has 0 aromatic heterocycles. The standard InChI is InChI=1S/C30H50O3/c1-19-20(31)8-9-21-27(19,5)11-10-22-28(21,6)15-17-30(24(32)33)23-18-25(2,3)12-13-26(23,4)14-16-29(22,30)7/h19-23,31H,8-18H2,1-7H3,(H,32,33)/t19-,20+,21+,22-,23+,26+,27+,28-,29+,30-/m0/s1. The molecular weight excluding hydrogens is 408 g/mol. The summed E-state index contributed by atoms with van der Waals surface area (Å²) in [5, 5.41) is 21.9. The molecule has 0 spiro atoms. The summed E-state index contributed by atoms with van der Waals surface area (Å²) in [6.45, 7) is 16.9. The van der Waals surface area contributed by atoms with Gasteiger partial charge in [0.15, 0.2) is 0 Å². The molecule has 5 saturated carbocycles. The van der Waals surface area contributed by atoms with E-state index in [9.17, 15) is 15.0 Å². The third kappa shape index (κ3) is 2.87. The van der Waals surface area contributed by atoms with Crippen molar-refractivity contribution in [1.29, 1.82) is 0 Å². The van der Waals surface area contributed by atoms with Gasteiger partial charge in [-0.2, -0.15) is 0 Å². The Kier molecular flexibility index (Phi) is 5.13. The molecule has 33 heavy (non-hydrogen) atoms. The molecule has 0 unspecified atom stereocenters. The van der Waals surface area contributed by atoms with E-state index in [4.69, 9.17) is 0 Å². The Morgan fingerprint density at radius 1 is 0.727 bits per heavy atom. The van der Waals surface area contributed by atoms with E-state index < -0.39 is 11.4 Å². The van der Waals surface area contributed by atoms with Gasteiger partial charge in [0.2, 0.25) is 0 Å². The molecule has 0 aromatic carbocycles. The van der Waals surface area contributed by atoms with Gasteiger partial charge in [0.1, 0.15) is 0 Å². The molecule has 0 amide bonds. The quantitative estimate of drug-likeness (QED) is 0.433. The molecule has 0 heterocycles. The van der Waals surface area contributed by atoms with Gasteiger partial charge in [-0.25, -0.2) is 0 Å². The van der Waals surface area contributed by atoms with Gasteiger partial charge in [0.05, 0.1) is 11.5 Å². The van der Waals surface area contributed by atoms with Crippen LogP contribution in [0.1, 0.15) is 119 Å². The van der Waals surface area contributed by atoms with Crippen LogP contribution in [0, 0.1) is 56.2 Å². The zero-order valence-corrected chi connectivity index (χ0v) is 22.5. The molecule has 10 atom stereocenters. The second-order valence-electron chi connectivity index (χ2n) is 15.4. The maximum atomic E-state index is 13.5. The third-order valence-electron chi connectivity index (χ3n) is 13.7. The molecule has 5 rings (SSSR count). The number of carboxylic acid groups (broad SMARTS) is 1. The first-order valence-corrected chi connectivity index (χ1v) is 14.1. The van der Waals surface area contributed by atoms with Crippen molar-refractivity contribution in [3.05, 3.63) is 0 Å². The zero-order chi connectivity index (χ0) is 24.2. The molecule has 0 aromatic rings. The van der Waals surface area contributed by atoms with E-state index in [0.717, 1.165) is 51.4 Å². The molecule has 0 aliphatic heterocycles. The first-order chi connectivity index (χ1) is 15.2. The predicted molar refractivity (Wildman–Crippen MR) is 133 cm³/mol. The lowest BCUT2D eigenvalue weighted by molar-refractivity contribution is -0.267. The molecule has 3 heteroatoms. The van der Waals surface area contributed by atoms with Crippen LogP contribution in [0.15, 0.2) is 0 Å². The maximum absolute atomic E-state index is 13.5. The molecule has 2 N–H and O–H groups in total. The van der Waals surface area contributed by atoms with Gasteiger partial charge < -0.3 is 10.2 Å². The Labute approximate surface area is 202 Å². The molecule has 5 aliphatic rings. The highest BCUT2D eigenvalue weighted by Crippen LogP contribution is 2.78. The zero-order valence-electron chi connectivity index (χ0n) is 22.5. The van der Waals surface area contributed by atoms with Crippen LogP contribution in [-0.2, 0) is 4.79 Å². The van der Waals surface area contributed by atoms with Gasteiger partial charge in [-0.1, -0.05) is 48.5 Å². The highest BCUT2D eigenvalue weighted by molar-refractivity contribution is 5.77. The van der Waals surface area contributed by atoms with Crippen LogP contribution in [-0.4, -0.2) is 22.3 Å². The average Bonchev–Trinajstić information content (AvgIpc) is 2.72. The van der Waals surface area contributed by atoms with Crippen molar-refractivity contribution in [2.45, 2.75) is 125 Å². The largest absolute Gasteiger partial charge is 0.481 e. The van der Waals surface area contributed by atoms with E-state index in [2.05, 4.69) is 48.5 Å². The molecule has 3 nitrogen and oxygen atoms in total. The number of fused-ring (bicyclic) bond motifs is 7. The number of carboxylic acids is 1. The van der Waals surface area contributed by atoms with Crippen molar-refractivity contribution < 1.29 is 15.0 Å². The summed E-state index contributed by atoms with van der Waals surface area (Å²) in [6.07, 6.45) is 11.8. The fourth-order valence-electron chi connectivity index (χ4n) is 11.4. The van der Waals surface area contributed by atoms with Crippen LogP contribution in [0.4, 0.5) is 0 Å². The van der Waals surface area contributed by atoms with Gasteiger partial charge >= 0.3 is 5.97 Å². The molecule has 5 fully saturated rings. The number of rotatable bonds is 1. The number of hydrogen-bond acceptors (Lipinski definition) is 2. The summed E-state index contributed by atoms with van der Waals surface area (Å²) in [7, 11) is 0. The van der Waals surface area contributed by atoms with Crippen molar-refractivity contribution in [3.8, 4) is 0 Å². The van der Waals surface area contributed by atoms with E-state index in [1.54, 1.807) is 0 Å².